The summed E-state index contributed by atoms with van der Waals surface area (Å²) in [6.45, 7) is 14.1. The Hall–Kier alpha value is -2.56. The highest BCUT2D eigenvalue weighted by atomic mass is 19.1. The van der Waals surface area contributed by atoms with Crippen LogP contribution in [0, 0.1) is 30.0 Å². The van der Waals surface area contributed by atoms with E-state index < -0.39 is 0 Å². The van der Waals surface area contributed by atoms with E-state index in [9.17, 15) is 9.18 Å². The Morgan fingerprint density at radius 2 is 1.44 bits per heavy atom. The van der Waals surface area contributed by atoms with E-state index in [0.717, 1.165) is 63.4 Å². The minimum Gasteiger partial charge on any atom is -0.384 e. The smallest absolute Gasteiger partial charge is 0.132 e. The summed E-state index contributed by atoms with van der Waals surface area (Å²) in [5.74, 6) is 1.25. The molecule has 0 saturated carbocycles. The van der Waals surface area contributed by atoms with Crippen LogP contribution in [-0.2, 0) is 11.2 Å². The quantitative estimate of drug-likeness (QED) is 0.286. The van der Waals surface area contributed by atoms with E-state index in [4.69, 9.17) is 11.1 Å². The first-order valence-electron chi connectivity index (χ1n) is 13.7. The molecule has 0 aliphatic heterocycles. The normalized spacial score (nSPS) is 10.4. The van der Waals surface area contributed by atoms with Crippen LogP contribution < -0.4 is 5.73 Å². The van der Waals surface area contributed by atoms with Crippen LogP contribution in [0.15, 0.2) is 36.5 Å². The van der Waals surface area contributed by atoms with E-state index in [1.165, 1.54) is 11.6 Å². The maximum absolute atomic E-state index is 13.8. The fourth-order valence-corrected chi connectivity index (χ4v) is 4.15. The number of ketones is 1. The van der Waals surface area contributed by atoms with Gasteiger partial charge in [0.2, 0.25) is 0 Å². The van der Waals surface area contributed by atoms with Crippen molar-refractivity contribution in [3.8, 4) is 0 Å². The van der Waals surface area contributed by atoms with E-state index in [1.54, 1.807) is 19.2 Å². The van der Waals surface area contributed by atoms with Crippen molar-refractivity contribution < 1.29 is 9.18 Å². The molecule has 0 saturated heterocycles. The van der Waals surface area contributed by atoms with Gasteiger partial charge in [0.05, 0.1) is 0 Å². The summed E-state index contributed by atoms with van der Waals surface area (Å²) < 4.78 is 13.8. The number of nitrogens with zero attached hydrogens (tertiary/aromatic N) is 1. The second-order valence-corrected chi connectivity index (χ2v) is 9.50. The molecule has 2 rings (SSSR count). The zero-order valence-corrected chi connectivity index (χ0v) is 23.8. The van der Waals surface area contributed by atoms with Gasteiger partial charge >= 0.3 is 0 Å². The summed E-state index contributed by atoms with van der Waals surface area (Å²) in [6, 6.07) is 8.99. The van der Waals surface area contributed by atoms with Gasteiger partial charge in [-0.25, -0.2) is 9.37 Å². The SMILES string of the molecule is CCCC(CCC)C(=N)c1ccc(C)cc1F.CCCC(CCC)C(C)=O.CCc1ccnc(N)c1. The number of carbonyl (C=O) groups is 1. The van der Waals surface area contributed by atoms with Gasteiger partial charge in [0, 0.05) is 29.3 Å². The van der Waals surface area contributed by atoms with Gasteiger partial charge in [-0.2, -0.15) is 0 Å². The zero-order chi connectivity index (χ0) is 27.5. The number of halogens is 1. The third-order valence-electron chi connectivity index (χ3n) is 6.20. The van der Waals surface area contributed by atoms with Gasteiger partial charge in [-0.1, -0.05) is 66.4 Å². The minimum atomic E-state index is -0.257. The number of hydrogen-bond donors (Lipinski definition) is 2. The van der Waals surface area contributed by atoms with Crippen LogP contribution >= 0.6 is 0 Å². The minimum absolute atomic E-state index is 0.196. The summed E-state index contributed by atoms with van der Waals surface area (Å²) in [5, 5.41) is 8.16. The third-order valence-corrected chi connectivity index (χ3v) is 6.20. The molecule has 0 aliphatic rings. The fourth-order valence-electron chi connectivity index (χ4n) is 4.15. The van der Waals surface area contributed by atoms with Gasteiger partial charge < -0.3 is 11.1 Å². The van der Waals surface area contributed by atoms with Gasteiger partial charge in [0.1, 0.15) is 17.4 Å². The zero-order valence-electron chi connectivity index (χ0n) is 23.8. The lowest BCUT2D eigenvalue weighted by Gasteiger charge is -2.17. The maximum Gasteiger partial charge on any atom is 0.132 e. The summed E-state index contributed by atoms with van der Waals surface area (Å²) in [6.07, 6.45) is 11.2. The Morgan fingerprint density at radius 3 is 1.83 bits per heavy atom. The van der Waals surface area contributed by atoms with Gasteiger partial charge in [-0.3, -0.25) is 4.79 Å². The molecule has 0 radical (unpaired) electrons. The molecule has 1 heterocycles. The topological polar surface area (TPSA) is 79.8 Å². The predicted molar refractivity (Wildman–Crippen MR) is 153 cm³/mol. The molecule has 0 bridgehead atoms. The molecule has 0 atom stereocenters. The van der Waals surface area contributed by atoms with Crippen molar-refractivity contribution in [2.45, 2.75) is 106 Å². The van der Waals surface area contributed by atoms with Crippen molar-refractivity contribution in [3.63, 3.8) is 0 Å². The number of rotatable bonds is 12. The number of nitrogen functional groups attached to an aromatic ring is 1. The molecule has 0 unspecified atom stereocenters. The van der Waals surface area contributed by atoms with Gasteiger partial charge in [0.25, 0.3) is 0 Å². The summed E-state index contributed by atoms with van der Waals surface area (Å²) in [4.78, 5) is 14.8. The number of nitrogens with one attached hydrogen (secondary N) is 1. The highest BCUT2D eigenvalue weighted by molar-refractivity contribution is 6.00. The molecule has 0 aliphatic carbocycles. The van der Waals surface area contributed by atoms with E-state index in [0.29, 0.717) is 28.8 Å². The Kier molecular flexibility index (Phi) is 18.2. The third kappa shape index (κ3) is 13.5. The van der Waals surface area contributed by atoms with Gasteiger partial charge in [0.15, 0.2) is 0 Å². The first-order chi connectivity index (χ1) is 17.1. The number of aryl methyl sites for hydroxylation is 2. The number of pyridine rings is 1. The van der Waals surface area contributed by atoms with Crippen molar-refractivity contribution in [3.05, 3.63) is 59.0 Å². The molecule has 0 amide bonds. The lowest BCUT2D eigenvalue weighted by molar-refractivity contribution is -0.121. The number of carbonyl (C=O) groups excluding carboxylic acids is 1. The predicted octanol–water partition coefficient (Wildman–Crippen LogP) is 8.74. The average molecular weight is 500 g/mol. The number of hydrogen-bond acceptors (Lipinski definition) is 4. The largest absolute Gasteiger partial charge is 0.384 e. The Bertz CT molecular complexity index is 885. The standard InChI is InChI=1S/C15H22FN.C9H18O.C7H10N2/c1-4-6-12(7-5-2)15(17)13-9-8-11(3)10-14(13)16;1-4-6-9(7-5-2)8(3)10;1-2-6-3-4-9-7(8)5-6/h8-10,12,17H,4-7H2,1-3H3;9H,4-7H2,1-3H3;3-5H,2H2,1H3,(H2,8,9). The number of nitrogens with two attached hydrogens (primary N) is 1. The lowest BCUT2D eigenvalue weighted by atomic mass is 9.88. The molecular weight excluding hydrogens is 449 g/mol. The van der Waals surface area contributed by atoms with Crippen molar-refractivity contribution in [1.82, 2.24) is 4.98 Å². The van der Waals surface area contributed by atoms with Crippen LogP contribution in [0.3, 0.4) is 0 Å². The molecule has 2 aromatic rings. The maximum atomic E-state index is 13.8. The highest BCUT2D eigenvalue weighted by Crippen LogP contribution is 2.21. The molecule has 1 aromatic carbocycles. The Balaban J connectivity index is 0.000000551. The number of anilines is 1. The molecule has 3 N–H and O–H groups in total. The first kappa shape index (κ1) is 33.4. The second-order valence-electron chi connectivity index (χ2n) is 9.50. The monoisotopic (exact) mass is 499 g/mol. The van der Waals surface area contributed by atoms with Crippen LogP contribution in [0.4, 0.5) is 10.2 Å². The van der Waals surface area contributed by atoms with E-state index in [2.05, 4.69) is 39.6 Å². The van der Waals surface area contributed by atoms with Gasteiger partial charge in [-0.05, 0) is 81.3 Å². The van der Waals surface area contributed by atoms with Crippen molar-refractivity contribution in [2.75, 3.05) is 5.73 Å². The molecule has 4 nitrogen and oxygen atoms in total. The van der Waals surface area contributed by atoms with Crippen LogP contribution in [-0.4, -0.2) is 16.5 Å². The highest BCUT2D eigenvalue weighted by Gasteiger charge is 2.17. The van der Waals surface area contributed by atoms with E-state index in [1.807, 2.05) is 25.1 Å². The van der Waals surface area contributed by atoms with Crippen LogP contribution in [0.25, 0.3) is 0 Å². The molecule has 36 heavy (non-hydrogen) atoms. The molecule has 202 valence electrons. The summed E-state index contributed by atoms with van der Waals surface area (Å²) in [5.41, 5.74) is 8.50. The number of Topliss-reactive ketones (excluding diaryl/α,β-unsaturated/α-hetero) is 1. The summed E-state index contributed by atoms with van der Waals surface area (Å²) >= 11 is 0. The van der Waals surface area contributed by atoms with Gasteiger partial charge in [-0.15, -0.1) is 0 Å². The second kappa shape index (κ2) is 19.6. The van der Waals surface area contributed by atoms with E-state index in [-0.39, 0.29) is 11.7 Å². The van der Waals surface area contributed by atoms with Crippen LogP contribution in [0.5, 0.6) is 0 Å². The van der Waals surface area contributed by atoms with Crippen molar-refractivity contribution in [1.29, 1.82) is 5.41 Å². The van der Waals surface area contributed by atoms with Crippen LogP contribution in [0.1, 0.15) is 110 Å². The molecule has 0 fully saturated rings. The van der Waals surface area contributed by atoms with Crippen LogP contribution in [0.2, 0.25) is 0 Å². The average Bonchev–Trinajstić information content (AvgIpc) is 2.84. The van der Waals surface area contributed by atoms with E-state index >= 15 is 0 Å². The summed E-state index contributed by atoms with van der Waals surface area (Å²) in [7, 11) is 0. The molecule has 0 spiro atoms. The molecular formula is C31H50FN3O. The molecule has 5 heteroatoms. The first-order valence-corrected chi connectivity index (χ1v) is 13.7. The molecule has 1 aromatic heterocycles. The Morgan fingerprint density at radius 1 is 0.917 bits per heavy atom. The lowest BCUT2D eigenvalue weighted by Crippen LogP contribution is -2.16. The fraction of sp³-hybridized carbons (Fsp3) is 0.581. The van der Waals surface area contributed by atoms with Crippen molar-refractivity contribution >= 4 is 17.3 Å². The number of benzene rings is 1. The Labute approximate surface area is 219 Å². The number of aromatic nitrogens is 1. The van der Waals surface area contributed by atoms with Crippen molar-refractivity contribution in [2.24, 2.45) is 11.8 Å².